The van der Waals surface area contributed by atoms with Gasteiger partial charge < -0.3 is 28.7 Å². The summed E-state index contributed by atoms with van der Waals surface area (Å²) in [5.41, 5.74) is 25.9. The summed E-state index contributed by atoms with van der Waals surface area (Å²) < 4.78 is 23.9. The van der Waals surface area contributed by atoms with E-state index in [9.17, 15) is 0 Å². The number of hydrogen-bond donors (Lipinski definition) is 0. The third-order valence-electron chi connectivity index (χ3n) is 19.2. The van der Waals surface area contributed by atoms with Crippen molar-refractivity contribution in [3.05, 3.63) is 249 Å². The minimum atomic E-state index is -0.709. The molecule has 0 spiro atoms. The number of ether oxygens (including phenoxy) is 4. The quantitative estimate of drug-likeness (QED) is 0.0899. The first-order chi connectivity index (χ1) is 41.6. The summed E-state index contributed by atoms with van der Waals surface area (Å²) in [5, 5.41) is 0. The number of fused-ring (bicyclic) bond motifs is 6. The first-order valence-electron chi connectivity index (χ1n) is 31.8. The molecule has 2 fully saturated rings. The van der Waals surface area contributed by atoms with E-state index in [1.165, 1.54) is 83.6 Å². The van der Waals surface area contributed by atoms with Gasteiger partial charge in [-0.15, -0.1) is 0 Å². The Bertz CT molecular complexity index is 3830. The van der Waals surface area contributed by atoms with Gasteiger partial charge in [0.2, 0.25) is 0 Å². The number of unbranched alkanes of at least 4 members (excludes halogenated alkanes) is 2. The number of rotatable bonds is 16. The van der Waals surface area contributed by atoms with Crippen molar-refractivity contribution in [3.8, 4) is 22.3 Å². The van der Waals surface area contributed by atoms with Crippen LogP contribution in [0.4, 0.5) is 28.4 Å². The van der Waals surface area contributed by atoms with Crippen LogP contribution in [0, 0.1) is 6.92 Å². The summed E-state index contributed by atoms with van der Waals surface area (Å²) in [4.78, 5) is 4.85. The van der Waals surface area contributed by atoms with Gasteiger partial charge in [0.05, 0.1) is 31.8 Å². The monoisotopic (exact) mass is 1130 g/mol. The molecule has 7 heteroatoms. The second-order valence-corrected chi connectivity index (χ2v) is 26.8. The van der Waals surface area contributed by atoms with Crippen molar-refractivity contribution in [1.29, 1.82) is 0 Å². The molecule has 6 nitrogen and oxygen atoms in total. The van der Waals surface area contributed by atoms with E-state index in [2.05, 4.69) is 254 Å². The van der Waals surface area contributed by atoms with Crippen LogP contribution in [0.1, 0.15) is 169 Å². The topological polar surface area (TPSA) is 43.4 Å². The molecule has 2 radical (unpaired) electrons. The van der Waals surface area contributed by atoms with Crippen molar-refractivity contribution in [2.75, 3.05) is 36.2 Å². The van der Waals surface area contributed by atoms with E-state index in [-0.39, 0.29) is 28.8 Å². The van der Waals surface area contributed by atoms with Gasteiger partial charge in [-0.25, -0.2) is 0 Å². The Kier molecular flexibility index (Phi) is 15.5. The van der Waals surface area contributed by atoms with Crippen molar-refractivity contribution in [1.82, 2.24) is 0 Å². The Balaban J connectivity index is 1.02. The first kappa shape index (κ1) is 57.8. The molecule has 0 aromatic heterocycles. The van der Waals surface area contributed by atoms with Crippen LogP contribution in [-0.4, -0.2) is 40.6 Å². The Morgan fingerprint density at radius 3 is 1.41 bits per heavy atom. The van der Waals surface area contributed by atoms with Crippen LogP contribution in [0.3, 0.4) is 0 Å². The van der Waals surface area contributed by atoms with Crippen LogP contribution >= 0.6 is 0 Å². The SMILES string of the molecule is [B]c1ccc2c(c1)C(CCCC)(CCCC)c1cc3c(cc1-2)C(c1ccc(N(C2=CC=C(C4OCCO4)CC2)c2ccc(C(C)(C)C)cc2)cc1)(c1ccc(N(c2ccc(C4OCCO4)cc2)c2ccc(C(C)(C)C)cc2)cc1)c1cc(C)ccc1-3. The lowest BCUT2D eigenvalue weighted by Crippen LogP contribution is -2.29. The molecule has 1 atom stereocenters. The second kappa shape index (κ2) is 23.1. The predicted octanol–water partition coefficient (Wildman–Crippen LogP) is 19.0. The third-order valence-corrected chi connectivity index (χ3v) is 19.2. The Morgan fingerprint density at radius 2 is 0.895 bits per heavy atom. The summed E-state index contributed by atoms with van der Waals surface area (Å²) >= 11 is 0. The molecular weight excluding hydrogens is 1050 g/mol. The summed E-state index contributed by atoms with van der Waals surface area (Å²) in [6, 6.07) is 65.4. The maximum Gasteiger partial charge on any atom is 0.184 e. The van der Waals surface area contributed by atoms with Crippen LogP contribution in [0.5, 0.6) is 0 Å². The molecule has 2 heterocycles. The molecule has 1 unspecified atom stereocenters. The van der Waals surface area contributed by atoms with Gasteiger partial charge in [-0.1, -0.05) is 195 Å². The molecule has 8 aromatic carbocycles. The van der Waals surface area contributed by atoms with Gasteiger partial charge >= 0.3 is 0 Å². The fourth-order valence-electron chi connectivity index (χ4n) is 14.6. The lowest BCUT2D eigenvalue weighted by molar-refractivity contribution is -0.0441. The normalized spacial score (nSPS) is 18.1. The molecular formula is C79H83BN2O4. The number of aryl methyl sites for hydroxylation is 1. The van der Waals surface area contributed by atoms with Crippen LogP contribution in [0.2, 0.25) is 0 Å². The van der Waals surface area contributed by atoms with Crippen molar-refractivity contribution in [2.45, 2.75) is 148 Å². The average Bonchev–Trinajstić information content (AvgIpc) is 1.60. The van der Waals surface area contributed by atoms with E-state index < -0.39 is 5.41 Å². The van der Waals surface area contributed by atoms with Gasteiger partial charge in [0, 0.05) is 45.1 Å². The summed E-state index contributed by atoms with van der Waals surface area (Å²) in [5.74, 6) is 0. The standard InChI is InChI=1S/C79H83BN2O4/c1-10-12-42-78(43-13-11-2)70-49-59(80)27-41-66(70)68-51-73-69(50-71(68)78)67-40-14-52(3)48-72(67)79(73,57-23-36-64(37-24-57)81(62-32-19-55(20-33-62)76(4,5)6)60-28-15-53(16-29-60)74-83-44-45-84-74)58-25-38-65(39-26-58)82(63-34-21-56(22-35-63)77(7,8)9)61-30-17-54(18-31-61)75-85-46-47-86-75/h14-17,19-30,32-41,48-51,74-75H,10-13,18,31,42-47H2,1-9H3. The number of benzene rings is 8. The maximum atomic E-state index is 6.82. The van der Waals surface area contributed by atoms with E-state index in [1.54, 1.807) is 0 Å². The van der Waals surface area contributed by atoms with E-state index in [4.69, 9.17) is 26.8 Å². The van der Waals surface area contributed by atoms with Crippen molar-refractivity contribution >= 4 is 41.7 Å². The minimum Gasteiger partial charge on any atom is -0.346 e. The van der Waals surface area contributed by atoms with E-state index >= 15 is 0 Å². The maximum absolute atomic E-state index is 6.82. The zero-order valence-corrected chi connectivity index (χ0v) is 52.1. The van der Waals surface area contributed by atoms with Crippen LogP contribution in [0.15, 0.2) is 193 Å². The van der Waals surface area contributed by atoms with Crippen molar-refractivity contribution in [2.24, 2.45) is 0 Å². The molecule has 2 saturated heterocycles. The summed E-state index contributed by atoms with van der Waals surface area (Å²) in [6.45, 7) is 23.1. The highest BCUT2D eigenvalue weighted by Crippen LogP contribution is 2.62. The van der Waals surface area contributed by atoms with E-state index in [1.807, 2.05) is 0 Å². The number of nitrogens with zero attached hydrogens (tertiary/aromatic N) is 2. The minimum absolute atomic E-state index is 0.0134. The smallest absolute Gasteiger partial charge is 0.184 e. The molecule has 5 aliphatic rings. The second-order valence-electron chi connectivity index (χ2n) is 26.8. The fourth-order valence-corrected chi connectivity index (χ4v) is 14.6. The molecule has 86 heavy (non-hydrogen) atoms. The number of allylic oxidation sites excluding steroid dienone is 3. The molecule has 0 amide bonds. The molecule has 13 rings (SSSR count). The molecule has 3 aliphatic carbocycles. The zero-order chi connectivity index (χ0) is 59.5. The van der Waals surface area contributed by atoms with Crippen molar-refractivity contribution < 1.29 is 18.9 Å². The molecule has 2 aliphatic heterocycles. The van der Waals surface area contributed by atoms with E-state index in [0.717, 1.165) is 90.8 Å². The molecule has 0 saturated carbocycles. The Hall–Kier alpha value is -7.26. The number of anilines is 5. The van der Waals surface area contributed by atoms with Gasteiger partial charge in [0.1, 0.15) is 7.85 Å². The van der Waals surface area contributed by atoms with Gasteiger partial charge in [-0.2, -0.15) is 0 Å². The first-order valence-corrected chi connectivity index (χ1v) is 31.8. The number of hydrogen-bond acceptors (Lipinski definition) is 6. The summed E-state index contributed by atoms with van der Waals surface area (Å²) in [6.07, 6.45) is 12.4. The lowest BCUT2D eigenvalue weighted by atomic mass is 9.66. The largest absolute Gasteiger partial charge is 0.346 e. The molecule has 8 aromatic rings. The molecule has 0 N–H and O–H groups in total. The predicted molar refractivity (Wildman–Crippen MR) is 356 cm³/mol. The van der Waals surface area contributed by atoms with Gasteiger partial charge in [0.25, 0.3) is 0 Å². The molecule has 436 valence electrons. The average molecular weight is 1140 g/mol. The summed E-state index contributed by atoms with van der Waals surface area (Å²) in [7, 11) is 6.82. The highest BCUT2D eigenvalue weighted by molar-refractivity contribution is 6.32. The third kappa shape index (κ3) is 10.3. The fraction of sp³-hybridized carbons (Fsp3) is 0.342. The van der Waals surface area contributed by atoms with Crippen molar-refractivity contribution in [3.63, 3.8) is 0 Å². The van der Waals surface area contributed by atoms with Crippen LogP contribution in [0.25, 0.3) is 22.3 Å². The molecule has 0 bridgehead atoms. The zero-order valence-electron chi connectivity index (χ0n) is 52.1. The van der Waals surface area contributed by atoms with Crippen LogP contribution in [-0.2, 0) is 40.6 Å². The Morgan fingerprint density at radius 1 is 0.453 bits per heavy atom. The van der Waals surface area contributed by atoms with Crippen LogP contribution < -0.4 is 15.3 Å². The van der Waals surface area contributed by atoms with Gasteiger partial charge in [0.15, 0.2) is 12.6 Å². The van der Waals surface area contributed by atoms with E-state index in [0.29, 0.717) is 26.4 Å². The highest BCUT2D eigenvalue weighted by atomic mass is 16.7. The van der Waals surface area contributed by atoms with Gasteiger partial charge in [-0.3, -0.25) is 0 Å². The van der Waals surface area contributed by atoms with Gasteiger partial charge in [-0.05, 0) is 195 Å². The highest BCUT2D eigenvalue weighted by Gasteiger charge is 2.50. The lowest BCUT2D eigenvalue weighted by Gasteiger charge is -2.36. The Labute approximate surface area is 513 Å².